The first kappa shape index (κ1) is 15.6. The van der Waals surface area contributed by atoms with Gasteiger partial charge in [-0.1, -0.05) is 30.3 Å². The number of hydrogen-bond acceptors (Lipinski definition) is 4. The molecule has 0 amide bonds. The Morgan fingerprint density at radius 3 is 2.72 bits per heavy atom. The van der Waals surface area contributed by atoms with Crippen LogP contribution in [0.2, 0.25) is 0 Å². The Morgan fingerprint density at radius 1 is 1.04 bits per heavy atom. The first-order chi connectivity index (χ1) is 12.2. The normalized spacial score (nSPS) is 13.4. The lowest BCUT2D eigenvalue weighted by Gasteiger charge is -2.29. The highest BCUT2D eigenvalue weighted by Gasteiger charge is 2.20. The van der Waals surface area contributed by atoms with Crippen LogP contribution >= 0.6 is 0 Å². The molecule has 25 heavy (non-hydrogen) atoms. The smallest absolute Gasteiger partial charge is 0.232 e. The van der Waals surface area contributed by atoms with E-state index in [4.69, 9.17) is 0 Å². The Labute approximate surface area is 146 Å². The second-order valence-corrected chi connectivity index (χ2v) is 6.18. The maximum atomic E-state index is 13.9. The lowest BCUT2D eigenvalue weighted by atomic mass is 10.0. The molecule has 0 aliphatic carbocycles. The molecule has 1 aliphatic rings. The van der Waals surface area contributed by atoms with Gasteiger partial charge in [-0.2, -0.15) is 4.98 Å². The summed E-state index contributed by atoms with van der Waals surface area (Å²) in [6.07, 6.45) is 2.13. The summed E-state index contributed by atoms with van der Waals surface area (Å²) in [6.45, 7) is 2.80. The minimum absolute atomic E-state index is 0.302. The van der Waals surface area contributed by atoms with Gasteiger partial charge in [-0.3, -0.25) is 0 Å². The fourth-order valence-electron chi connectivity index (χ4n) is 3.18. The van der Waals surface area contributed by atoms with Crippen molar-refractivity contribution in [2.45, 2.75) is 19.8 Å². The summed E-state index contributed by atoms with van der Waals surface area (Å²) in [5, 5.41) is 3.06. The van der Waals surface area contributed by atoms with Gasteiger partial charge in [0.2, 0.25) is 5.95 Å². The van der Waals surface area contributed by atoms with Crippen LogP contribution in [0.4, 0.5) is 27.5 Å². The molecule has 0 saturated heterocycles. The van der Waals surface area contributed by atoms with Gasteiger partial charge >= 0.3 is 0 Å². The van der Waals surface area contributed by atoms with Crippen molar-refractivity contribution in [3.05, 3.63) is 71.7 Å². The van der Waals surface area contributed by atoms with Crippen molar-refractivity contribution >= 4 is 23.1 Å². The first-order valence-corrected chi connectivity index (χ1v) is 8.43. The summed E-state index contributed by atoms with van der Waals surface area (Å²) in [7, 11) is 0. The molecule has 1 aromatic heterocycles. The van der Waals surface area contributed by atoms with Crippen molar-refractivity contribution in [2.24, 2.45) is 0 Å². The number of anilines is 4. The molecular weight excluding hydrogens is 315 g/mol. The van der Waals surface area contributed by atoms with Gasteiger partial charge in [0, 0.05) is 24.0 Å². The SMILES string of the molecule is Cc1cc(Nc2ccccc2F)nc(N2CCCc3ccccc32)n1. The molecule has 2 heterocycles. The van der Waals surface area contributed by atoms with Crippen molar-refractivity contribution in [3.8, 4) is 0 Å². The number of rotatable bonds is 3. The van der Waals surface area contributed by atoms with Gasteiger partial charge in [-0.05, 0) is 43.5 Å². The fourth-order valence-corrected chi connectivity index (χ4v) is 3.18. The van der Waals surface area contributed by atoms with Crippen LogP contribution in [0.1, 0.15) is 17.7 Å². The highest BCUT2D eigenvalue weighted by atomic mass is 19.1. The molecule has 1 aliphatic heterocycles. The predicted molar refractivity (Wildman–Crippen MR) is 98.2 cm³/mol. The maximum Gasteiger partial charge on any atom is 0.232 e. The molecule has 126 valence electrons. The monoisotopic (exact) mass is 334 g/mol. The third kappa shape index (κ3) is 3.18. The fraction of sp³-hybridized carbons (Fsp3) is 0.200. The third-order valence-corrected chi connectivity index (χ3v) is 4.33. The van der Waals surface area contributed by atoms with Gasteiger partial charge in [-0.25, -0.2) is 9.37 Å². The Hall–Kier alpha value is -2.95. The van der Waals surface area contributed by atoms with Crippen LogP contribution in [-0.2, 0) is 6.42 Å². The second kappa shape index (κ2) is 6.51. The topological polar surface area (TPSA) is 41.1 Å². The van der Waals surface area contributed by atoms with Gasteiger partial charge in [0.15, 0.2) is 0 Å². The number of para-hydroxylation sites is 2. The summed E-state index contributed by atoms with van der Waals surface area (Å²) in [5.41, 5.74) is 3.70. The van der Waals surface area contributed by atoms with Crippen LogP contribution in [0.5, 0.6) is 0 Å². The van der Waals surface area contributed by atoms with Crippen LogP contribution in [0.15, 0.2) is 54.6 Å². The Kier molecular flexibility index (Phi) is 4.06. The molecule has 1 N–H and O–H groups in total. The highest BCUT2D eigenvalue weighted by molar-refractivity contribution is 5.65. The molecule has 4 rings (SSSR count). The lowest BCUT2D eigenvalue weighted by molar-refractivity contribution is 0.632. The van der Waals surface area contributed by atoms with E-state index in [0.29, 0.717) is 17.5 Å². The molecule has 4 nitrogen and oxygen atoms in total. The molecule has 0 atom stereocenters. The Balaban J connectivity index is 1.70. The summed E-state index contributed by atoms with van der Waals surface area (Å²) in [6, 6.07) is 16.8. The van der Waals surface area contributed by atoms with E-state index in [1.165, 1.54) is 11.6 Å². The highest BCUT2D eigenvalue weighted by Crippen LogP contribution is 2.32. The van der Waals surface area contributed by atoms with Gasteiger partial charge in [0.25, 0.3) is 0 Å². The third-order valence-electron chi connectivity index (χ3n) is 4.33. The van der Waals surface area contributed by atoms with Gasteiger partial charge in [-0.15, -0.1) is 0 Å². The van der Waals surface area contributed by atoms with Crippen LogP contribution in [0.25, 0.3) is 0 Å². The number of nitrogens with zero attached hydrogens (tertiary/aromatic N) is 3. The van der Waals surface area contributed by atoms with Crippen molar-refractivity contribution in [1.82, 2.24) is 9.97 Å². The van der Waals surface area contributed by atoms with E-state index >= 15 is 0 Å². The summed E-state index contributed by atoms with van der Waals surface area (Å²) in [5.74, 6) is 0.935. The summed E-state index contributed by atoms with van der Waals surface area (Å²) in [4.78, 5) is 11.4. The van der Waals surface area contributed by atoms with E-state index in [0.717, 1.165) is 30.8 Å². The molecule has 0 saturated carbocycles. The number of benzene rings is 2. The van der Waals surface area contributed by atoms with E-state index in [1.807, 2.05) is 19.1 Å². The number of fused-ring (bicyclic) bond motifs is 1. The summed E-state index contributed by atoms with van der Waals surface area (Å²) < 4.78 is 13.9. The van der Waals surface area contributed by atoms with E-state index in [9.17, 15) is 4.39 Å². The zero-order chi connectivity index (χ0) is 17.2. The van der Waals surface area contributed by atoms with E-state index in [2.05, 4.69) is 38.4 Å². The minimum atomic E-state index is -0.302. The molecule has 3 aromatic rings. The first-order valence-electron chi connectivity index (χ1n) is 8.43. The molecule has 0 spiro atoms. The van der Waals surface area contributed by atoms with E-state index in [-0.39, 0.29) is 5.82 Å². The average molecular weight is 334 g/mol. The van der Waals surface area contributed by atoms with Crippen molar-refractivity contribution < 1.29 is 4.39 Å². The molecule has 2 aromatic carbocycles. The standard InChI is InChI=1S/C20H19FN4/c1-14-13-19(23-17-10-4-3-9-16(17)21)24-20(22-14)25-12-6-8-15-7-2-5-11-18(15)25/h2-5,7,9-11,13H,6,8,12H2,1H3,(H,22,23,24). The molecule has 0 bridgehead atoms. The molecule has 0 fully saturated rings. The summed E-state index contributed by atoms with van der Waals surface area (Å²) >= 11 is 0. The van der Waals surface area contributed by atoms with Crippen LogP contribution in [0.3, 0.4) is 0 Å². The molecule has 0 unspecified atom stereocenters. The minimum Gasteiger partial charge on any atom is -0.338 e. The Morgan fingerprint density at radius 2 is 1.84 bits per heavy atom. The predicted octanol–water partition coefficient (Wildman–Crippen LogP) is 4.75. The van der Waals surface area contributed by atoms with E-state index < -0.39 is 0 Å². The van der Waals surface area contributed by atoms with Crippen LogP contribution in [0, 0.1) is 12.7 Å². The zero-order valence-electron chi connectivity index (χ0n) is 14.0. The number of hydrogen-bond donors (Lipinski definition) is 1. The maximum absolute atomic E-state index is 13.9. The largest absolute Gasteiger partial charge is 0.338 e. The van der Waals surface area contributed by atoms with Crippen molar-refractivity contribution in [2.75, 3.05) is 16.8 Å². The van der Waals surface area contributed by atoms with Gasteiger partial charge in [0.1, 0.15) is 11.6 Å². The van der Waals surface area contributed by atoms with Crippen LogP contribution in [-0.4, -0.2) is 16.5 Å². The lowest BCUT2D eigenvalue weighted by Crippen LogP contribution is -2.26. The van der Waals surface area contributed by atoms with Gasteiger partial charge in [0.05, 0.1) is 5.69 Å². The van der Waals surface area contributed by atoms with Crippen LogP contribution < -0.4 is 10.2 Å². The number of halogens is 1. The van der Waals surface area contributed by atoms with E-state index in [1.54, 1.807) is 18.2 Å². The zero-order valence-corrected chi connectivity index (χ0v) is 14.0. The van der Waals surface area contributed by atoms with Crippen molar-refractivity contribution in [1.29, 1.82) is 0 Å². The molecular formula is C20H19FN4. The number of aryl methyl sites for hydroxylation is 2. The number of aromatic nitrogens is 2. The quantitative estimate of drug-likeness (QED) is 0.750. The van der Waals surface area contributed by atoms with Gasteiger partial charge < -0.3 is 10.2 Å². The molecule has 0 radical (unpaired) electrons. The average Bonchev–Trinajstić information content (AvgIpc) is 2.63. The second-order valence-electron chi connectivity index (χ2n) is 6.18. The van der Waals surface area contributed by atoms with Crippen molar-refractivity contribution in [3.63, 3.8) is 0 Å². The number of nitrogens with one attached hydrogen (secondary N) is 1. The molecule has 5 heteroatoms. The Bertz CT molecular complexity index is 910.